The third kappa shape index (κ3) is 5.60. The van der Waals surface area contributed by atoms with Gasteiger partial charge in [-0.2, -0.15) is 13.2 Å². The van der Waals surface area contributed by atoms with Crippen LogP contribution in [0.3, 0.4) is 0 Å². The molecule has 0 aromatic heterocycles. The highest BCUT2D eigenvalue weighted by Gasteiger charge is 2.29. The first-order valence-electron chi connectivity index (χ1n) is 5.61. The minimum Gasteiger partial charge on any atom is -0.484 e. The fourth-order valence-corrected chi connectivity index (χ4v) is 1.25. The van der Waals surface area contributed by atoms with Crippen molar-refractivity contribution in [3.8, 4) is 5.75 Å². The highest BCUT2D eigenvalue weighted by atomic mass is 19.4. The predicted octanol–water partition coefficient (Wildman–Crippen LogP) is 1.58. The number of alkyl halides is 3. The maximum absolute atomic E-state index is 12.3. The highest BCUT2D eigenvalue weighted by molar-refractivity contribution is 5.77. The van der Waals surface area contributed by atoms with Crippen LogP contribution in [0.1, 0.15) is 12.0 Å². The van der Waals surface area contributed by atoms with Crippen molar-refractivity contribution < 1.29 is 27.8 Å². The Hall–Kier alpha value is -1.76. The number of benzene rings is 1. The van der Waals surface area contributed by atoms with Crippen molar-refractivity contribution in [2.45, 2.75) is 12.6 Å². The average Bonchev–Trinajstić information content (AvgIpc) is 2.36. The van der Waals surface area contributed by atoms with E-state index in [1.54, 1.807) is 0 Å². The molecule has 4 nitrogen and oxygen atoms in total. The molecule has 106 valence electrons. The topological polar surface area (TPSA) is 58.6 Å². The number of hydrogen-bond acceptors (Lipinski definition) is 3. The van der Waals surface area contributed by atoms with E-state index in [-0.39, 0.29) is 19.0 Å². The molecule has 0 unspecified atom stereocenters. The molecule has 0 heterocycles. The molecule has 0 saturated carbocycles. The van der Waals surface area contributed by atoms with E-state index in [0.29, 0.717) is 13.0 Å². The van der Waals surface area contributed by atoms with Crippen LogP contribution in [0.4, 0.5) is 13.2 Å². The summed E-state index contributed by atoms with van der Waals surface area (Å²) in [5.41, 5.74) is -0.771. The average molecular weight is 277 g/mol. The van der Waals surface area contributed by atoms with Gasteiger partial charge in [-0.1, -0.05) is 0 Å². The number of rotatable bonds is 6. The van der Waals surface area contributed by atoms with Crippen LogP contribution in [-0.4, -0.2) is 30.8 Å². The third-order valence-electron chi connectivity index (χ3n) is 2.21. The predicted molar refractivity (Wildman–Crippen MR) is 61.7 cm³/mol. The lowest BCUT2D eigenvalue weighted by atomic mass is 10.2. The number of halogens is 3. The van der Waals surface area contributed by atoms with Crippen LogP contribution >= 0.6 is 0 Å². The molecule has 0 fully saturated rings. The summed E-state index contributed by atoms with van der Waals surface area (Å²) in [6, 6.07) is 4.09. The largest absolute Gasteiger partial charge is 0.484 e. The number of carbonyl (C=O) groups is 1. The first-order chi connectivity index (χ1) is 8.93. The zero-order chi connectivity index (χ0) is 14.3. The van der Waals surface area contributed by atoms with Crippen LogP contribution in [-0.2, 0) is 11.0 Å². The van der Waals surface area contributed by atoms with Crippen LogP contribution in [0.25, 0.3) is 0 Å². The van der Waals surface area contributed by atoms with Crippen LogP contribution in [0.2, 0.25) is 0 Å². The van der Waals surface area contributed by atoms with Gasteiger partial charge in [-0.15, -0.1) is 0 Å². The number of hydrogen-bond donors (Lipinski definition) is 2. The van der Waals surface area contributed by atoms with Gasteiger partial charge in [0.05, 0.1) is 5.56 Å². The lowest BCUT2D eigenvalue weighted by Gasteiger charge is -2.09. The molecule has 0 atom stereocenters. The summed E-state index contributed by atoms with van der Waals surface area (Å²) >= 11 is 0. The van der Waals surface area contributed by atoms with Gasteiger partial charge >= 0.3 is 6.18 Å². The van der Waals surface area contributed by atoms with E-state index in [0.717, 1.165) is 24.3 Å². The monoisotopic (exact) mass is 277 g/mol. The van der Waals surface area contributed by atoms with Crippen LogP contribution in [0, 0.1) is 0 Å². The number of amides is 1. The van der Waals surface area contributed by atoms with E-state index >= 15 is 0 Å². The van der Waals surface area contributed by atoms with Crippen LogP contribution < -0.4 is 10.1 Å². The molecular formula is C12H14F3NO3. The molecule has 2 N–H and O–H groups in total. The Balaban J connectivity index is 2.40. The van der Waals surface area contributed by atoms with Crippen LogP contribution in [0.5, 0.6) is 5.75 Å². The van der Waals surface area contributed by atoms with E-state index in [1.165, 1.54) is 0 Å². The molecule has 0 spiro atoms. The molecular weight excluding hydrogens is 263 g/mol. The van der Waals surface area contributed by atoms with Gasteiger partial charge in [0, 0.05) is 13.2 Å². The summed E-state index contributed by atoms with van der Waals surface area (Å²) in [5, 5.41) is 11.0. The van der Waals surface area contributed by atoms with E-state index in [1.807, 2.05) is 0 Å². The fraction of sp³-hybridized carbons (Fsp3) is 0.417. The Bertz CT molecular complexity index is 404. The number of aliphatic hydroxyl groups is 1. The molecule has 0 bridgehead atoms. The second-order valence-electron chi connectivity index (χ2n) is 3.74. The Kier molecular flexibility index (Phi) is 5.62. The number of aliphatic hydroxyl groups excluding tert-OH is 1. The van der Waals surface area contributed by atoms with Crippen molar-refractivity contribution in [1.82, 2.24) is 5.32 Å². The van der Waals surface area contributed by atoms with Crippen molar-refractivity contribution in [3.63, 3.8) is 0 Å². The van der Waals surface area contributed by atoms with Crippen molar-refractivity contribution in [2.24, 2.45) is 0 Å². The lowest BCUT2D eigenvalue weighted by molar-refractivity contribution is -0.137. The number of carbonyl (C=O) groups excluding carboxylic acids is 1. The lowest BCUT2D eigenvalue weighted by Crippen LogP contribution is -2.30. The molecule has 1 aromatic rings. The van der Waals surface area contributed by atoms with Crippen LogP contribution in [0.15, 0.2) is 24.3 Å². The Labute approximate surface area is 108 Å². The summed E-state index contributed by atoms with van der Waals surface area (Å²) in [5.74, 6) is -0.210. The van der Waals surface area contributed by atoms with Gasteiger partial charge in [-0.25, -0.2) is 0 Å². The summed E-state index contributed by atoms with van der Waals surface area (Å²) in [6.45, 7) is 0.0164. The van der Waals surface area contributed by atoms with Crippen molar-refractivity contribution in [2.75, 3.05) is 19.8 Å². The minimum atomic E-state index is -4.39. The zero-order valence-corrected chi connectivity index (χ0v) is 10.0. The van der Waals surface area contributed by atoms with Crippen molar-refractivity contribution >= 4 is 5.91 Å². The normalized spacial score (nSPS) is 11.2. The van der Waals surface area contributed by atoms with Crippen molar-refractivity contribution in [3.05, 3.63) is 29.8 Å². The summed E-state index contributed by atoms with van der Waals surface area (Å²) in [4.78, 5) is 11.2. The van der Waals surface area contributed by atoms with E-state index in [4.69, 9.17) is 9.84 Å². The van der Waals surface area contributed by atoms with Gasteiger partial charge in [-0.05, 0) is 30.7 Å². The quantitative estimate of drug-likeness (QED) is 0.776. The molecule has 0 radical (unpaired) electrons. The summed E-state index contributed by atoms with van der Waals surface area (Å²) in [7, 11) is 0. The molecule has 0 aliphatic rings. The maximum atomic E-state index is 12.3. The van der Waals surface area contributed by atoms with E-state index < -0.39 is 17.6 Å². The minimum absolute atomic E-state index is 0.0277. The summed E-state index contributed by atoms with van der Waals surface area (Å²) < 4.78 is 41.9. The third-order valence-corrected chi connectivity index (χ3v) is 2.21. The zero-order valence-electron chi connectivity index (χ0n) is 10.0. The fourth-order valence-electron chi connectivity index (χ4n) is 1.25. The SMILES string of the molecule is O=C(COc1ccc(C(F)(F)F)cc1)NCCCO. The van der Waals surface area contributed by atoms with Gasteiger partial charge in [0.2, 0.25) is 0 Å². The Morgan fingerprint density at radius 3 is 2.42 bits per heavy atom. The number of ether oxygens (including phenoxy) is 1. The smallest absolute Gasteiger partial charge is 0.416 e. The maximum Gasteiger partial charge on any atom is 0.416 e. The van der Waals surface area contributed by atoms with Gasteiger partial charge in [0.15, 0.2) is 6.61 Å². The molecule has 1 aromatic carbocycles. The van der Waals surface area contributed by atoms with E-state index in [2.05, 4.69) is 5.32 Å². The Morgan fingerprint density at radius 1 is 1.26 bits per heavy atom. The molecule has 1 rings (SSSR count). The van der Waals surface area contributed by atoms with Gasteiger partial charge < -0.3 is 15.2 Å². The van der Waals surface area contributed by atoms with Gasteiger partial charge in [0.25, 0.3) is 5.91 Å². The van der Waals surface area contributed by atoms with Crippen molar-refractivity contribution in [1.29, 1.82) is 0 Å². The number of nitrogens with one attached hydrogen (secondary N) is 1. The second kappa shape index (κ2) is 6.98. The molecule has 0 aliphatic carbocycles. The first kappa shape index (κ1) is 15.3. The molecule has 7 heteroatoms. The molecule has 19 heavy (non-hydrogen) atoms. The second-order valence-corrected chi connectivity index (χ2v) is 3.74. The first-order valence-corrected chi connectivity index (χ1v) is 5.61. The highest BCUT2D eigenvalue weighted by Crippen LogP contribution is 2.30. The van der Waals surface area contributed by atoms with Gasteiger partial charge in [0.1, 0.15) is 5.75 Å². The summed E-state index contributed by atoms with van der Waals surface area (Å²) in [6.07, 6.45) is -3.95. The van der Waals surface area contributed by atoms with Gasteiger partial charge in [-0.3, -0.25) is 4.79 Å². The Morgan fingerprint density at radius 2 is 1.89 bits per heavy atom. The molecule has 0 saturated heterocycles. The standard InChI is InChI=1S/C12H14F3NO3/c13-12(14,15)9-2-4-10(5-3-9)19-8-11(18)16-6-1-7-17/h2-5,17H,1,6-8H2,(H,16,18). The van der Waals surface area contributed by atoms with E-state index in [9.17, 15) is 18.0 Å². The molecule has 1 amide bonds. The molecule has 0 aliphatic heterocycles.